The first-order valence-corrected chi connectivity index (χ1v) is 7.04. The Morgan fingerprint density at radius 2 is 1.45 bits per heavy atom. The molecule has 0 heterocycles. The number of nitrogens with two attached hydrogens (primary N) is 2. The van der Waals surface area contributed by atoms with Crippen LogP contribution in [0.3, 0.4) is 0 Å². The minimum atomic E-state index is -0.942. The van der Waals surface area contributed by atoms with Gasteiger partial charge in [0.05, 0.1) is 0 Å². The van der Waals surface area contributed by atoms with Gasteiger partial charge in [0.25, 0.3) is 0 Å². The molecule has 0 spiro atoms. The van der Waals surface area contributed by atoms with Crippen molar-refractivity contribution in [2.45, 2.75) is 65.0 Å². The summed E-state index contributed by atoms with van der Waals surface area (Å²) in [5.74, 6) is -1.57. The maximum atomic E-state index is 10.5. The molecule has 0 radical (unpaired) electrons. The van der Waals surface area contributed by atoms with Crippen LogP contribution in [0.2, 0.25) is 0 Å². The summed E-state index contributed by atoms with van der Waals surface area (Å²) in [7, 11) is 0. The molecule has 1 rings (SSSR count). The van der Waals surface area contributed by atoms with Crippen LogP contribution in [0.15, 0.2) is 0 Å². The number of aliphatic carboxylic acids is 2. The molecule has 6 nitrogen and oxygen atoms in total. The van der Waals surface area contributed by atoms with Gasteiger partial charge >= 0.3 is 11.9 Å². The van der Waals surface area contributed by atoms with Crippen LogP contribution in [0.4, 0.5) is 0 Å². The van der Waals surface area contributed by atoms with Crippen molar-refractivity contribution in [2.24, 2.45) is 22.8 Å². The molecule has 2 atom stereocenters. The molecule has 1 aliphatic rings. The number of carboxylic acid groups (broad SMARTS) is 2. The Morgan fingerprint density at radius 1 is 1.00 bits per heavy atom. The van der Waals surface area contributed by atoms with E-state index >= 15 is 0 Å². The van der Waals surface area contributed by atoms with Gasteiger partial charge in [0.1, 0.15) is 12.1 Å². The van der Waals surface area contributed by atoms with Crippen LogP contribution in [0.5, 0.6) is 0 Å². The van der Waals surface area contributed by atoms with E-state index in [9.17, 15) is 9.59 Å². The number of hydrogen-bond acceptors (Lipinski definition) is 4. The van der Waals surface area contributed by atoms with Gasteiger partial charge in [-0.2, -0.15) is 0 Å². The van der Waals surface area contributed by atoms with Crippen molar-refractivity contribution in [3.05, 3.63) is 0 Å². The Bertz CT molecular complexity index is 320. The lowest BCUT2D eigenvalue weighted by Crippen LogP contribution is -2.41. The maximum Gasteiger partial charge on any atom is 0.321 e. The van der Waals surface area contributed by atoms with Gasteiger partial charge in [-0.3, -0.25) is 9.59 Å². The molecular formula is C14H28N2O4. The van der Waals surface area contributed by atoms with Gasteiger partial charge in [0.2, 0.25) is 0 Å². The van der Waals surface area contributed by atoms with Crippen molar-refractivity contribution in [3.63, 3.8) is 0 Å². The van der Waals surface area contributed by atoms with Crippen LogP contribution < -0.4 is 11.5 Å². The van der Waals surface area contributed by atoms with E-state index in [-0.39, 0.29) is 11.3 Å². The van der Waals surface area contributed by atoms with Crippen LogP contribution in [-0.2, 0) is 9.59 Å². The standard InChI is InChI=1S/C8H15NO2.C6H13NO2/c9-7(8(10)11)6-4-2-1-3-5-6;1-6(2,3)4(7)5(8)9/h6-7H,1-5,9H2,(H,10,11);4H,7H2,1-3H3,(H,8,9)/t7-;4-/m01/s1. The lowest BCUT2D eigenvalue weighted by Gasteiger charge is -2.24. The molecule has 20 heavy (non-hydrogen) atoms. The fourth-order valence-corrected chi connectivity index (χ4v) is 2.07. The largest absolute Gasteiger partial charge is 0.480 e. The summed E-state index contributed by atoms with van der Waals surface area (Å²) in [5.41, 5.74) is 10.4. The highest BCUT2D eigenvalue weighted by Crippen LogP contribution is 2.25. The molecule has 0 aromatic rings. The van der Waals surface area contributed by atoms with Crippen molar-refractivity contribution >= 4 is 11.9 Å². The van der Waals surface area contributed by atoms with Crippen molar-refractivity contribution in [3.8, 4) is 0 Å². The second kappa shape index (κ2) is 8.21. The zero-order valence-electron chi connectivity index (χ0n) is 12.6. The van der Waals surface area contributed by atoms with Gasteiger partial charge in [-0.25, -0.2) is 0 Å². The van der Waals surface area contributed by atoms with E-state index in [0.29, 0.717) is 0 Å². The zero-order valence-corrected chi connectivity index (χ0v) is 12.6. The normalized spacial score (nSPS) is 19.4. The van der Waals surface area contributed by atoms with E-state index in [1.165, 1.54) is 6.42 Å². The molecule has 0 aromatic heterocycles. The average Bonchev–Trinajstić information content (AvgIpc) is 2.37. The van der Waals surface area contributed by atoms with Crippen LogP contribution >= 0.6 is 0 Å². The minimum Gasteiger partial charge on any atom is -0.480 e. The van der Waals surface area contributed by atoms with Crippen LogP contribution in [0.1, 0.15) is 52.9 Å². The van der Waals surface area contributed by atoms with Crippen molar-refractivity contribution in [2.75, 3.05) is 0 Å². The topological polar surface area (TPSA) is 127 Å². The molecule has 0 saturated heterocycles. The molecule has 0 amide bonds. The Labute approximate surface area is 120 Å². The van der Waals surface area contributed by atoms with Crippen molar-refractivity contribution in [1.82, 2.24) is 0 Å². The third-order valence-corrected chi connectivity index (χ3v) is 3.64. The highest BCUT2D eigenvalue weighted by atomic mass is 16.4. The van der Waals surface area contributed by atoms with Crippen molar-refractivity contribution in [1.29, 1.82) is 0 Å². The molecule has 1 fully saturated rings. The highest BCUT2D eigenvalue weighted by Gasteiger charge is 2.26. The Morgan fingerprint density at radius 3 is 1.70 bits per heavy atom. The SMILES string of the molecule is CC(C)(C)[C@H](N)C(=O)O.N[C@H](C(=O)O)C1CCCCC1. The third kappa shape index (κ3) is 6.86. The first-order valence-electron chi connectivity index (χ1n) is 7.04. The summed E-state index contributed by atoms with van der Waals surface area (Å²) in [4.78, 5) is 20.7. The van der Waals surface area contributed by atoms with Gasteiger partial charge in [0.15, 0.2) is 0 Å². The summed E-state index contributed by atoms with van der Waals surface area (Å²) >= 11 is 0. The lowest BCUT2D eigenvalue weighted by molar-refractivity contribution is -0.141. The van der Waals surface area contributed by atoms with E-state index in [2.05, 4.69) is 0 Å². The Kier molecular flexibility index (Phi) is 7.75. The third-order valence-electron chi connectivity index (χ3n) is 3.64. The lowest BCUT2D eigenvalue weighted by atomic mass is 9.84. The fourth-order valence-electron chi connectivity index (χ4n) is 2.07. The summed E-state index contributed by atoms with van der Waals surface area (Å²) in [6.07, 6.45) is 5.51. The second-order valence-corrected chi connectivity index (χ2v) is 6.44. The molecule has 6 N–H and O–H groups in total. The average molecular weight is 288 g/mol. The summed E-state index contributed by atoms with van der Waals surface area (Å²) in [5, 5.41) is 17.0. The molecule has 1 aliphatic carbocycles. The molecule has 6 heteroatoms. The Balaban J connectivity index is 0.000000370. The van der Waals surface area contributed by atoms with Crippen LogP contribution in [0, 0.1) is 11.3 Å². The van der Waals surface area contributed by atoms with E-state index in [0.717, 1.165) is 25.7 Å². The van der Waals surface area contributed by atoms with E-state index in [4.69, 9.17) is 21.7 Å². The molecule has 118 valence electrons. The fraction of sp³-hybridized carbons (Fsp3) is 0.857. The van der Waals surface area contributed by atoms with Gasteiger partial charge in [-0.05, 0) is 24.2 Å². The quantitative estimate of drug-likeness (QED) is 0.622. The summed E-state index contributed by atoms with van der Waals surface area (Å²) in [6, 6.07) is -1.40. The molecule has 0 unspecified atom stereocenters. The first kappa shape index (κ1) is 18.9. The van der Waals surface area contributed by atoms with Gasteiger partial charge in [-0.15, -0.1) is 0 Å². The molecule has 0 bridgehead atoms. The molecule has 1 saturated carbocycles. The monoisotopic (exact) mass is 288 g/mol. The van der Waals surface area contributed by atoms with Crippen LogP contribution in [-0.4, -0.2) is 34.2 Å². The van der Waals surface area contributed by atoms with E-state index in [1.54, 1.807) is 20.8 Å². The maximum absolute atomic E-state index is 10.5. The molecular weight excluding hydrogens is 260 g/mol. The van der Waals surface area contributed by atoms with Gasteiger partial charge < -0.3 is 21.7 Å². The highest BCUT2D eigenvalue weighted by molar-refractivity contribution is 5.74. The van der Waals surface area contributed by atoms with Gasteiger partial charge in [-0.1, -0.05) is 40.0 Å². The minimum absolute atomic E-state index is 0.223. The number of carbonyl (C=O) groups is 2. The number of carboxylic acids is 2. The number of hydrogen-bond donors (Lipinski definition) is 4. The van der Waals surface area contributed by atoms with E-state index in [1.807, 2.05) is 0 Å². The molecule has 0 aromatic carbocycles. The predicted molar refractivity (Wildman–Crippen MR) is 77.3 cm³/mol. The number of rotatable bonds is 3. The zero-order chi connectivity index (χ0) is 15.9. The van der Waals surface area contributed by atoms with Crippen molar-refractivity contribution < 1.29 is 19.8 Å². The molecule has 0 aliphatic heterocycles. The first-order chi connectivity index (χ1) is 9.07. The predicted octanol–water partition coefficient (Wildman–Crippen LogP) is 1.42. The van der Waals surface area contributed by atoms with E-state index < -0.39 is 24.0 Å². The smallest absolute Gasteiger partial charge is 0.321 e. The van der Waals surface area contributed by atoms with Crippen LogP contribution in [0.25, 0.3) is 0 Å². The summed E-state index contributed by atoms with van der Waals surface area (Å²) < 4.78 is 0. The van der Waals surface area contributed by atoms with Gasteiger partial charge in [0, 0.05) is 0 Å². The Hall–Kier alpha value is -1.14. The second-order valence-electron chi connectivity index (χ2n) is 6.44. The summed E-state index contributed by atoms with van der Waals surface area (Å²) in [6.45, 7) is 5.39.